The van der Waals surface area contributed by atoms with Crippen LogP contribution in [-0.4, -0.2) is 36.9 Å². The van der Waals surface area contributed by atoms with Crippen molar-refractivity contribution in [2.75, 3.05) is 24.3 Å². The molecule has 3 aromatic carbocycles. The van der Waals surface area contributed by atoms with Crippen LogP contribution < -0.4 is 10.2 Å². The number of anilines is 2. The molecule has 0 aliphatic heterocycles. The van der Waals surface area contributed by atoms with E-state index in [4.69, 9.17) is 0 Å². The van der Waals surface area contributed by atoms with Crippen molar-refractivity contribution in [3.63, 3.8) is 0 Å². The second-order valence-electron chi connectivity index (χ2n) is 7.88. The van der Waals surface area contributed by atoms with E-state index in [0.29, 0.717) is 11.3 Å². The summed E-state index contributed by atoms with van der Waals surface area (Å²) in [6.07, 6.45) is 0.129. The van der Waals surface area contributed by atoms with Crippen molar-refractivity contribution in [2.45, 2.75) is 25.9 Å². The van der Waals surface area contributed by atoms with Crippen molar-refractivity contribution in [3.8, 4) is 0 Å². The highest BCUT2D eigenvalue weighted by Crippen LogP contribution is 2.18. The van der Waals surface area contributed by atoms with Crippen molar-refractivity contribution >= 4 is 23.2 Å². The Balaban J connectivity index is 1.79. The molecule has 0 fully saturated rings. The van der Waals surface area contributed by atoms with Gasteiger partial charge in [0, 0.05) is 37.6 Å². The molecule has 0 aliphatic carbocycles. The number of hydrogen-bond donors (Lipinski definition) is 1. The zero-order valence-electron chi connectivity index (χ0n) is 18.6. The summed E-state index contributed by atoms with van der Waals surface area (Å²) in [6.45, 7) is 1.67. The number of carbonyl (C=O) groups excluding carboxylic acids is 2. The number of benzene rings is 3. The van der Waals surface area contributed by atoms with E-state index in [2.05, 4.69) is 5.32 Å². The first-order chi connectivity index (χ1) is 15.3. The van der Waals surface area contributed by atoms with Crippen LogP contribution in [0.15, 0.2) is 78.9 Å². The molecule has 1 unspecified atom stereocenters. The predicted molar refractivity (Wildman–Crippen MR) is 126 cm³/mol. The minimum atomic E-state index is -0.792. The highest BCUT2D eigenvalue weighted by molar-refractivity contribution is 5.97. The molecule has 0 aliphatic rings. The summed E-state index contributed by atoms with van der Waals surface area (Å²) in [7, 11) is 3.88. The lowest BCUT2D eigenvalue weighted by molar-refractivity contribution is -0.138. The van der Waals surface area contributed by atoms with Crippen molar-refractivity contribution in [1.82, 2.24) is 4.90 Å². The van der Waals surface area contributed by atoms with E-state index in [1.54, 1.807) is 25.1 Å². The van der Waals surface area contributed by atoms with Crippen LogP contribution in [0.3, 0.4) is 0 Å². The normalized spacial score (nSPS) is 11.5. The number of halogens is 1. The van der Waals surface area contributed by atoms with E-state index in [9.17, 15) is 14.0 Å². The maximum atomic E-state index is 14.3. The smallest absolute Gasteiger partial charge is 0.246 e. The SMILES string of the molecule is CC(C(=O)Nc1ccc(N(C)C)cc1)N(Cc1ccccc1F)C(=O)Cc1ccccc1. The quantitative estimate of drug-likeness (QED) is 0.570. The molecular weight excluding hydrogens is 405 g/mol. The van der Waals surface area contributed by atoms with Crippen LogP contribution in [0.4, 0.5) is 15.8 Å². The summed E-state index contributed by atoms with van der Waals surface area (Å²) in [5.74, 6) is -0.984. The number of nitrogens with one attached hydrogen (secondary N) is 1. The number of amides is 2. The average molecular weight is 434 g/mol. The lowest BCUT2D eigenvalue weighted by Crippen LogP contribution is -2.46. The molecule has 0 spiro atoms. The van der Waals surface area contributed by atoms with Gasteiger partial charge in [0.05, 0.1) is 6.42 Å². The first-order valence-corrected chi connectivity index (χ1v) is 10.5. The molecule has 32 heavy (non-hydrogen) atoms. The Kier molecular flexibility index (Phi) is 7.60. The molecule has 166 valence electrons. The fraction of sp³-hybridized carbons (Fsp3) is 0.231. The lowest BCUT2D eigenvalue weighted by Gasteiger charge is -2.29. The van der Waals surface area contributed by atoms with Gasteiger partial charge in [-0.25, -0.2) is 4.39 Å². The Morgan fingerprint density at radius 1 is 0.906 bits per heavy atom. The van der Waals surface area contributed by atoms with Gasteiger partial charge in [0.1, 0.15) is 11.9 Å². The Hall–Kier alpha value is -3.67. The van der Waals surface area contributed by atoms with E-state index >= 15 is 0 Å². The summed E-state index contributed by atoms with van der Waals surface area (Å²) in [5.41, 5.74) is 2.84. The molecule has 2 amide bonds. The van der Waals surface area contributed by atoms with E-state index in [1.807, 2.05) is 73.6 Å². The predicted octanol–water partition coefficient (Wildman–Crippen LogP) is 4.49. The Morgan fingerprint density at radius 2 is 1.53 bits per heavy atom. The molecule has 1 atom stereocenters. The fourth-order valence-corrected chi connectivity index (χ4v) is 3.35. The van der Waals surface area contributed by atoms with E-state index < -0.39 is 11.9 Å². The first kappa shape index (κ1) is 23.0. The van der Waals surface area contributed by atoms with E-state index in [-0.39, 0.29) is 24.8 Å². The van der Waals surface area contributed by atoms with Crippen LogP contribution >= 0.6 is 0 Å². The Morgan fingerprint density at radius 3 is 2.16 bits per heavy atom. The summed E-state index contributed by atoms with van der Waals surface area (Å²) < 4.78 is 14.3. The van der Waals surface area contributed by atoms with Crippen molar-refractivity contribution in [1.29, 1.82) is 0 Å². The molecule has 0 heterocycles. The molecule has 0 radical (unpaired) electrons. The second kappa shape index (κ2) is 10.6. The molecule has 3 rings (SSSR count). The molecule has 0 saturated carbocycles. The molecule has 5 nitrogen and oxygen atoms in total. The van der Waals surface area contributed by atoms with Gasteiger partial charge in [0.2, 0.25) is 11.8 Å². The molecule has 6 heteroatoms. The monoisotopic (exact) mass is 433 g/mol. The third-order valence-electron chi connectivity index (χ3n) is 5.32. The van der Waals surface area contributed by atoms with Gasteiger partial charge in [-0.2, -0.15) is 0 Å². The highest BCUT2D eigenvalue weighted by atomic mass is 19.1. The largest absolute Gasteiger partial charge is 0.378 e. The maximum absolute atomic E-state index is 14.3. The average Bonchev–Trinajstić information content (AvgIpc) is 2.79. The van der Waals surface area contributed by atoms with Crippen LogP contribution in [0.1, 0.15) is 18.1 Å². The molecule has 0 aromatic heterocycles. The van der Waals surface area contributed by atoms with Crippen molar-refractivity contribution in [3.05, 3.63) is 95.8 Å². The van der Waals surface area contributed by atoms with E-state index in [1.165, 1.54) is 11.0 Å². The highest BCUT2D eigenvalue weighted by Gasteiger charge is 2.27. The van der Waals surface area contributed by atoms with Crippen molar-refractivity contribution in [2.24, 2.45) is 0 Å². The number of carbonyl (C=O) groups is 2. The fourth-order valence-electron chi connectivity index (χ4n) is 3.35. The van der Waals surface area contributed by atoms with Gasteiger partial charge in [-0.1, -0.05) is 48.5 Å². The number of hydrogen-bond acceptors (Lipinski definition) is 3. The van der Waals surface area contributed by atoms with Gasteiger partial charge < -0.3 is 15.1 Å². The van der Waals surface area contributed by atoms with Gasteiger partial charge in [-0.3, -0.25) is 9.59 Å². The lowest BCUT2D eigenvalue weighted by atomic mass is 10.1. The van der Waals surface area contributed by atoms with E-state index in [0.717, 1.165) is 11.3 Å². The minimum absolute atomic E-state index is 0.00644. The second-order valence-corrected chi connectivity index (χ2v) is 7.88. The number of nitrogens with zero attached hydrogens (tertiary/aromatic N) is 2. The Labute approximate surface area is 188 Å². The summed E-state index contributed by atoms with van der Waals surface area (Å²) in [6, 6.07) is 22.2. The summed E-state index contributed by atoms with van der Waals surface area (Å²) in [5, 5.41) is 2.86. The molecule has 0 saturated heterocycles. The molecule has 1 N–H and O–H groups in total. The summed E-state index contributed by atoms with van der Waals surface area (Å²) in [4.78, 5) is 29.6. The van der Waals surface area contributed by atoms with Gasteiger partial charge in [0.25, 0.3) is 0 Å². The molecule has 0 bridgehead atoms. The standard InChI is InChI=1S/C26H28FN3O2/c1-19(26(32)28-22-13-15-23(16-14-22)29(2)3)30(18-21-11-7-8-12-24(21)27)25(31)17-20-9-5-4-6-10-20/h4-16,19H,17-18H2,1-3H3,(H,28,32). The summed E-state index contributed by atoms with van der Waals surface area (Å²) >= 11 is 0. The number of rotatable bonds is 8. The zero-order valence-corrected chi connectivity index (χ0v) is 18.6. The molecular formula is C26H28FN3O2. The minimum Gasteiger partial charge on any atom is -0.378 e. The van der Waals surface area contributed by atoms with Crippen LogP contribution in [0.25, 0.3) is 0 Å². The zero-order chi connectivity index (χ0) is 23.1. The Bertz CT molecular complexity index is 1050. The third-order valence-corrected chi connectivity index (χ3v) is 5.32. The van der Waals surface area contributed by atoms with Crippen molar-refractivity contribution < 1.29 is 14.0 Å². The van der Waals surface area contributed by atoms with Gasteiger partial charge >= 0.3 is 0 Å². The van der Waals surface area contributed by atoms with Crippen LogP contribution in [0, 0.1) is 5.82 Å². The topological polar surface area (TPSA) is 52.7 Å². The van der Waals surface area contributed by atoms with Crippen LogP contribution in [-0.2, 0) is 22.6 Å². The molecule has 3 aromatic rings. The van der Waals surface area contributed by atoms with Gasteiger partial charge in [0.15, 0.2) is 0 Å². The van der Waals surface area contributed by atoms with Gasteiger partial charge in [-0.05, 0) is 42.8 Å². The van der Waals surface area contributed by atoms with Crippen LogP contribution in [0.2, 0.25) is 0 Å². The maximum Gasteiger partial charge on any atom is 0.246 e. The van der Waals surface area contributed by atoms with Crippen LogP contribution in [0.5, 0.6) is 0 Å². The van der Waals surface area contributed by atoms with Gasteiger partial charge in [-0.15, -0.1) is 0 Å². The third kappa shape index (κ3) is 5.94. The first-order valence-electron chi connectivity index (χ1n) is 10.5.